The summed E-state index contributed by atoms with van der Waals surface area (Å²) in [5.74, 6) is -0.455. The molecule has 1 unspecified atom stereocenters. The first-order chi connectivity index (χ1) is 19.5. The van der Waals surface area contributed by atoms with Crippen molar-refractivity contribution in [3.63, 3.8) is 0 Å². The number of anilines is 1. The molecule has 1 saturated heterocycles. The highest BCUT2D eigenvalue weighted by Gasteiger charge is 2.48. The molecule has 0 bridgehead atoms. The molecular formula is C30H26ClN3O4S2. The molecule has 5 rings (SSSR count). The van der Waals surface area contributed by atoms with Crippen molar-refractivity contribution in [3.8, 4) is 5.75 Å². The van der Waals surface area contributed by atoms with Crippen molar-refractivity contribution in [2.24, 2.45) is 0 Å². The SMILES string of the molecule is CCCCOc1ccc(C2/C(=C(/O)c3ccccc3)C(=O)C(=O)N2c2nnc(SCc3ccc(Cl)cc3)s2)cc1. The van der Waals surface area contributed by atoms with E-state index in [-0.39, 0.29) is 16.5 Å². The van der Waals surface area contributed by atoms with Gasteiger partial charge in [-0.3, -0.25) is 14.5 Å². The van der Waals surface area contributed by atoms with Crippen LogP contribution in [0.4, 0.5) is 5.13 Å². The fourth-order valence-corrected chi connectivity index (χ4v) is 6.21. The minimum Gasteiger partial charge on any atom is -0.507 e. The Balaban J connectivity index is 1.49. The van der Waals surface area contributed by atoms with Crippen LogP contribution in [0.25, 0.3) is 5.76 Å². The van der Waals surface area contributed by atoms with Crippen LogP contribution in [0.15, 0.2) is 88.8 Å². The third-order valence-electron chi connectivity index (χ3n) is 6.33. The predicted molar refractivity (Wildman–Crippen MR) is 159 cm³/mol. The Hall–Kier alpha value is -3.66. The predicted octanol–water partition coefficient (Wildman–Crippen LogP) is 7.29. The molecule has 0 radical (unpaired) electrons. The lowest BCUT2D eigenvalue weighted by Gasteiger charge is -2.22. The lowest BCUT2D eigenvalue weighted by Crippen LogP contribution is -2.29. The van der Waals surface area contributed by atoms with Gasteiger partial charge in [-0.05, 0) is 41.8 Å². The number of aliphatic hydroxyl groups is 1. The maximum atomic E-state index is 13.4. The molecule has 2 heterocycles. The van der Waals surface area contributed by atoms with E-state index in [2.05, 4.69) is 17.1 Å². The van der Waals surface area contributed by atoms with E-state index >= 15 is 0 Å². The summed E-state index contributed by atoms with van der Waals surface area (Å²) in [5, 5.41) is 20.7. The van der Waals surface area contributed by atoms with Crippen LogP contribution in [0.1, 0.15) is 42.5 Å². The first kappa shape index (κ1) is 27.9. The van der Waals surface area contributed by atoms with Crippen molar-refractivity contribution in [1.29, 1.82) is 0 Å². The third kappa shape index (κ3) is 6.06. The number of carbonyl (C=O) groups excluding carboxylic acids is 2. The molecule has 1 aliphatic rings. The molecule has 40 heavy (non-hydrogen) atoms. The summed E-state index contributed by atoms with van der Waals surface area (Å²) < 4.78 is 6.44. The average molecular weight is 592 g/mol. The number of nitrogens with zero attached hydrogens (tertiary/aromatic N) is 3. The molecule has 0 saturated carbocycles. The topological polar surface area (TPSA) is 92.6 Å². The van der Waals surface area contributed by atoms with Crippen molar-refractivity contribution < 1.29 is 19.4 Å². The summed E-state index contributed by atoms with van der Waals surface area (Å²) >= 11 is 8.68. The number of aromatic nitrogens is 2. The summed E-state index contributed by atoms with van der Waals surface area (Å²) in [6, 6.07) is 22.6. The lowest BCUT2D eigenvalue weighted by atomic mass is 9.95. The Morgan fingerprint density at radius 3 is 2.45 bits per heavy atom. The number of thioether (sulfide) groups is 1. The lowest BCUT2D eigenvalue weighted by molar-refractivity contribution is -0.132. The Morgan fingerprint density at radius 1 is 1.02 bits per heavy atom. The highest BCUT2D eigenvalue weighted by Crippen LogP contribution is 2.44. The monoisotopic (exact) mass is 591 g/mol. The second-order valence-electron chi connectivity index (χ2n) is 9.07. The summed E-state index contributed by atoms with van der Waals surface area (Å²) in [7, 11) is 0. The van der Waals surface area contributed by atoms with Crippen molar-refractivity contribution >= 4 is 57.3 Å². The average Bonchev–Trinajstić information content (AvgIpc) is 3.55. The van der Waals surface area contributed by atoms with Crippen molar-refractivity contribution in [3.05, 3.63) is 106 Å². The van der Waals surface area contributed by atoms with Crippen LogP contribution in [-0.4, -0.2) is 33.6 Å². The van der Waals surface area contributed by atoms with E-state index in [9.17, 15) is 14.7 Å². The Kier molecular flexibility index (Phi) is 8.84. The normalized spacial score (nSPS) is 16.4. The van der Waals surface area contributed by atoms with Gasteiger partial charge < -0.3 is 9.84 Å². The number of Topliss-reactive ketones (excluding diaryl/α,β-unsaturated/α-hetero) is 1. The number of ether oxygens (including phenoxy) is 1. The van der Waals surface area contributed by atoms with Crippen molar-refractivity contribution in [1.82, 2.24) is 10.2 Å². The van der Waals surface area contributed by atoms with Gasteiger partial charge in [0.05, 0.1) is 18.2 Å². The van der Waals surface area contributed by atoms with Crippen molar-refractivity contribution in [2.45, 2.75) is 35.9 Å². The number of benzene rings is 3. The van der Waals surface area contributed by atoms with Gasteiger partial charge in [0.2, 0.25) is 5.13 Å². The maximum Gasteiger partial charge on any atom is 0.301 e. The molecule has 0 aliphatic carbocycles. The van der Waals surface area contributed by atoms with E-state index in [0.717, 1.165) is 18.4 Å². The van der Waals surface area contributed by atoms with Gasteiger partial charge in [0.15, 0.2) is 4.34 Å². The van der Waals surface area contributed by atoms with Crippen LogP contribution in [0.5, 0.6) is 5.75 Å². The summed E-state index contributed by atoms with van der Waals surface area (Å²) in [4.78, 5) is 28.1. The molecule has 3 aromatic carbocycles. The van der Waals surface area contributed by atoms with E-state index in [4.69, 9.17) is 16.3 Å². The zero-order valence-corrected chi connectivity index (χ0v) is 24.0. The van der Waals surface area contributed by atoms with Crippen LogP contribution >= 0.6 is 34.7 Å². The van der Waals surface area contributed by atoms with Crippen LogP contribution in [0, 0.1) is 0 Å². The number of carbonyl (C=O) groups is 2. The maximum absolute atomic E-state index is 13.4. The number of aliphatic hydroxyl groups excluding tert-OH is 1. The second kappa shape index (κ2) is 12.7. The second-order valence-corrected chi connectivity index (χ2v) is 11.7. The molecule has 1 atom stereocenters. The fraction of sp³-hybridized carbons (Fsp3) is 0.200. The number of rotatable bonds is 10. The van der Waals surface area contributed by atoms with Gasteiger partial charge in [-0.25, -0.2) is 0 Å². The van der Waals surface area contributed by atoms with E-state index in [1.165, 1.54) is 28.0 Å². The van der Waals surface area contributed by atoms with E-state index < -0.39 is 17.7 Å². The zero-order chi connectivity index (χ0) is 28.1. The Bertz CT molecular complexity index is 1520. The first-order valence-electron chi connectivity index (χ1n) is 12.8. The molecule has 1 amide bonds. The minimum atomic E-state index is -0.882. The van der Waals surface area contributed by atoms with Gasteiger partial charge in [-0.1, -0.05) is 103 Å². The molecule has 4 aromatic rings. The van der Waals surface area contributed by atoms with Gasteiger partial charge in [0.25, 0.3) is 5.78 Å². The fourth-order valence-electron chi connectivity index (χ4n) is 4.26. The number of amides is 1. The molecular weight excluding hydrogens is 566 g/mol. The molecule has 7 nitrogen and oxygen atoms in total. The van der Waals surface area contributed by atoms with Gasteiger partial charge in [-0.2, -0.15) is 0 Å². The number of hydrogen-bond donors (Lipinski definition) is 1. The molecule has 1 N–H and O–H groups in total. The highest BCUT2D eigenvalue weighted by molar-refractivity contribution is 8.00. The summed E-state index contributed by atoms with van der Waals surface area (Å²) in [6.45, 7) is 2.70. The number of hydrogen-bond acceptors (Lipinski definition) is 8. The molecule has 1 fully saturated rings. The van der Waals surface area contributed by atoms with Gasteiger partial charge in [0.1, 0.15) is 11.5 Å². The highest BCUT2D eigenvalue weighted by atomic mass is 35.5. The van der Waals surface area contributed by atoms with E-state index in [1.807, 2.05) is 30.3 Å². The number of ketones is 1. The number of halogens is 1. The molecule has 1 aromatic heterocycles. The molecule has 204 valence electrons. The van der Waals surface area contributed by atoms with E-state index in [1.54, 1.807) is 48.5 Å². The molecule has 10 heteroatoms. The van der Waals surface area contributed by atoms with Crippen molar-refractivity contribution in [2.75, 3.05) is 11.5 Å². The van der Waals surface area contributed by atoms with Crippen LogP contribution in [-0.2, 0) is 15.3 Å². The molecule has 1 aliphatic heterocycles. The Morgan fingerprint density at radius 2 is 1.75 bits per heavy atom. The smallest absolute Gasteiger partial charge is 0.301 e. The largest absolute Gasteiger partial charge is 0.507 e. The standard InChI is InChI=1S/C30H26ClN3O4S2/c1-2-3-17-38-23-15-11-20(12-16-23)25-24(26(35)21-7-5-4-6-8-21)27(36)28(37)34(25)29-32-33-30(40-29)39-18-19-9-13-22(31)14-10-19/h4-16,25,35H,2-3,17-18H2,1H3/b26-24-. The third-order valence-corrected chi connectivity index (χ3v) is 8.71. The zero-order valence-electron chi connectivity index (χ0n) is 21.6. The first-order valence-corrected chi connectivity index (χ1v) is 14.9. The van der Waals surface area contributed by atoms with Gasteiger partial charge >= 0.3 is 5.91 Å². The van der Waals surface area contributed by atoms with Crippen LogP contribution in [0.2, 0.25) is 5.02 Å². The minimum absolute atomic E-state index is 0.00131. The summed E-state index contributed by atoms with van der Waals surface area (Å²) in [6.07, 6.45) is 1.96. The summed E-state index contributed by atoms with van der Waals surface area (Å²) in [5.41, 5.74) is 2.16. The molecule has 0 spiro atoms. The quantitative estimate of drug-likeness (QED) is 0.0517. The van der Waals surface area contributed by atoms with Crippen LogP contribution < -0.4 is 9.64 Å². The number of unbranched alkanes of at least 4 members (excludes halogenated alkanes) is 1. The van der Waals surface area contributed by atoms with Crippen LogP contribution in [0.3, 0.4) is 0 Å². The van der Waals surface area contributed by atoms with Gasteiger partial charge in [-0.15, -0.1) is 10.2 Å². The Labute approximate surface area is 245 Å². The van der Waals surface area contributed by atoms with E-state index in [0.29, 0.717) is 38.6 Å². The van der Waals surface area contributed by atoms with Gasteiger partial charge in [0, 0.05) is 16.3 Å².